The van der Waals surface area contributed by atoms with Crippen molar-refractivity contribution >= 4 is 17.3 Å². The number of hydrogen-bond donors (Lipinski definition) is 1. The molecule has 1 N–H and O–H groups in total. The van der Waals surface area contributed by atoms with Crippen LogP contribution < -0.4 is 14.8 Å². The van der Waals surface area contributed by atoms with Crippen LogP contribution in [0, 0.1) is 12.7 Å². The third-order valence-electron chi connectivity index (χ3n) is 4.32. The molecule has 5 heteroatoms. The minimum absolute atomic E-state index is 0.145. The van der Waals surface area contributed by atoms with Gasteiger partial charge in [0, 0.05) is 22.8 Å². The molecule has 0 fully saturated rings. The van der Waals surface area contributed by atoms with E-state index in [-0.39, 0.29) is 12.4 Å². The van der Waals surface area contributed by atoms with Gasteiger partial charge >= 0.3 is 0 Å². The van der Waals surface area contributed by atoms with Crippen molar-refractivity contribution in [2.24, 2.45) is 0 Å². The number of rotatable bonds is 8. The molecule has 3 aromatic carbocycles. The Morgan fingerprint density at radius 2 is 1.79 bits per heavy atom. The van der Waals surface area contributed by atoms with Gasteiger partial charge in [0.2, 0.25) is 0 Å². The SMILES string of the molecule is CCOc1cc(CNc2ccc(C)c(Cl)c2)ccc1OCc1ccccc1F. The maximum absolute atomic E-state index is 13.8. The van der Waals surface area contributed by atoms with Crippen LogP contribution in [0.1, 0.15) is 23.6 Å². The maximum Gasteiger partial charge on any atom is 0.161 e. The van der Waals surface area contributed by atoms with Gasteiger partial charge in [-0.25, -0.2) is 4.39 Å². The zero-order valence-electron chi connectivity index (χ0n) is 16.0. The Hall–Kier alpha value is -2.72. The first kappa shape index (κ1) is 20.0. The molecule has 0 heterocycles. The fourth-order valence-electron chi connectivity index (χ4n) is 2.73. The maximum atomic E-state index is 13.8. The highest BCUT2D eigenvalue weighted by molar-refractivity contribution is 6.31. The fraction of sp³-hybridized carbons (Fsp3) is 0.217. The Morgan fingerprint density at radius 3 is 2.54 bits per heavy atom. The first-order valence-corrected chi connectivity index (χ1v) is 9.56. The van der Waals surface area contributed by atoms with E-state index in [0.717, 1.165) is 21.8 Å². The van der Waals surface area contributed by atoms with Gasteiger partial charge in [-0.3, -0.25) is 0 Å². The standard InChI is InChI=1S/C23H23ClFNO2/c1-3-27-23-12-17(14-26-19-10-8-16(2)20(24)13-19)9-11-22(23)28-15-18-6-4-5-7-21(18)25/h4-13,26H,3,14-15H2,1-2H3. The molecule has 146 valence electrons. The summed E-state index contributed by atoms with van der Waals surface area (Å²) in [7, 11) is 0. The third kappa shape index (κ3) is 5.17. The Bertz CT molecular complexity index is 946. The summed E-state index contributed by atoms with van der Waals surface area (Å²) in [5.74, 6) is 0.949. The summed E-state index contributed by atoms with van der Waals surface area (Å²) in [6, 6.07) is 18.2. The van der Waals surface area contributed by atoms with Crippen molar-refractivity contribution in [1.82, 2.24) is 0 Å². The Kier molecular flexibility index (Phi) is 6.77. The van der Waals surface area contributed by atoms with Crippen LogP contribution in [0.2, 0.25) is 5.02 Å². The minimum atomic E-state index is -0.280. The number of benzene rings is 3. The summed E-state index contributed by atoms with van der Waals surface area (Å²) in [5, 5.41) is 4.09. The molecule has 3 rings (SSSR count). The normalized spacial score (nSPS) is 10.6. The van der Waals surface area contributed by atoms with E-state index in [9.17, 15) is 4.39 Å². The third-order valence-corrected chi connectivity index (χ3v) is 4.72. The molecule has 28 heavy (non-hydrogen) atoms. The van der Waals surface area contributed by atoms with Crippen LogP contribution in [0.25, 0.3) is 0 Å². The second-order valence-corrected chi connectivity index (χ2v) is 6.82. The number of ether oxygens (including phenoxy) is 2. The molecule has 0 saturated carbocycles. The van der Waals surface area contributed by atoms with E-state index in [2.05, 4.69) is 5.32 Å². The van der Waals surface area contributed by atoms with Crippen molar-refractivity contribution in [3.63, 3.8) is 0 Å². The highest BCUT2D eigenvalue weighted by atomic mass is 35.5. The van der Waals surface area contributed by atoms with Gasteiger partial charge in [0.15, 0.2) is 11.5 Å². The molecule has 0 aliphatic heterocycles. The molecule has 0 aliphatic carbocycles. The van der Waals surface area contributed by atoms with Gasteiger partial charge in [-0.05, 0) is 55.3 Å². The number of hydrogen-bond acceptors (Lipinski definition) is 3. The summed E-state index contributed by atoms with van der Waals surface area (Å²) in [6.45, 7) is 5.17. The molecule has 0 radical (unpaired) electrons. The Balaban J connectivity index is 1.69. The summed E-state index contributed by atoms with van der Waals surface area (Å²) in [5.41, 5.74) is 3.54. The molecule has 0 aromatic heterocycles. The fourth-order valence-corrected chi connectivity index (χ4v) is 2.91. The number of anilines is 1. The molecule has 0 atom stereocenters. The quantitative estimate of drug-likeness (QED) is 0.477. The molecular formula is C23H23ClFNO2. The molecule has 0 amide bonds. The van der Waals surface area contributed by atoms with Crippen LogP contribution in [0.5, 0.6) is 11.5 Å². The van der Waals surface area contributed by atoms with E-state index in [0.29, 0.717) is 30.2 Å². The first-order valence-electron chi connectivity index (χ1n) is 9.18. The molecule has 3 aromatic rings. The number of aryl methyl sites for hydroxylation is 1. The van der Waals surface area contributed by atoms with Crippen molar-refractivity contribution in [3.05, 3.63) is 88.2 Å². The zero-order chi connectivity index (χ0) is 19.9. The van der Waals surface area contributed by atoms with Crippen molar-refractivity contribution in [2.45, 2.75) is 27.0 Å². The molecule has 0 saturated heterocycles. The lowest BCUT2D eigenvalue weighted by Crippen LogP contribution is -2.04. The topological polar surface area (TPSA) is 30.5 Å². The average molecular weight is 400 g/mol. The van der Waals surface area contributed by atoms with Gasteiger partial charge < -0.3 is 14.8 Å². The molecular weight excluding hydrogens is 377 g/mol. The van der Waals surface area contributed by atoms with E-state index < -0.39 is 0 Å². The summed E-state index contributed by atoms with van der Waals surface area (Å²) in [6.07, 6.45) is 0. The average Bonchev–Trinajstić information content (AvgIpc) is 2.69. The van der Waals surface area contributed by atoms with Gasteiger partial charge in [-0.15, -0.1) is 0 Å². The lowest BCUT2D eigenvalue weighted by Gasteiger charge is -2.14. The van der Waals surface area contributed by atoms with E-state index >= 15 is 0 Å². The summed E-state index contributed by atoms with van der Waals surface area (Å²) >= 11 is 6.18. The van der Waals surface area contributed by atoms with Crippen LogP contribution in [0.4, 0.5) is 10.1 Å². The molecule has 0 bridgehead atoms. The van der Waals surface area contributed by atoms with Gasteiger partial charge in [-0.1, -0.05) is 41.9 Å². The highest BCUT2D eigenvalue weighted by Gasteiger charge is 2.09. The van der Waals surface area contributed by atoms with E-state index in [1.165, 1.54) is 6.07 Å². The Morgan fingerprint density at radius 1 is 0.964 bits per heavy atom. The second kappa shape index (κ2) is 9.47. The van der Waals surface area contributed by atoms with Crippen molar-refractivity contribution < 1.29 is 13.9 Å². The Labute approximate surface area is 170 Å². The highest BCUT2D eigenvalue weighted by Crippen LogP contribution is 2.30. The molecule has 0 unspecified atom stereocenters. The van der Waals surface area contributed by atoms with Crippen LogP contribution in [-0.4, -0.2) is 6.61 Å². The van der Waals surface area contributed by atoms with Gasteiger partial charge in [0.25, 0.3) is 0 Å². The minimum Gasteiger partial charge on any atom is -0.490 e. The smallest absolute Gasteiger partial charge is 0.161 e. The van der Waals surface area contributed by atoms with Gasteiger partial charge in [0.05, 0.1) is 6.61 Å². The van der Waals surface area contributed by atoms with Crippen LogP contribution in [-0.2, 0) is 13.2 Å². The lowest BCUT2D eigenvalue weighted by atomic mass is 10.1. The first-order chi connectivity index (χ1) is 13.6. The number of nitrogens with one attached hydrogen (secondary N) is 1. The second-order valence-electron chi connectivity index (χ2n) is 6.41. The van der Waals surface area contributed by atoms with E-state index in [4.69, 9.17) is 21.1 Å². The van der Waals surface area contributed by atoms with Crippen LogP contribution in [0.15, 0.2) is 60.7 Å². The van der Waals surface area contributed by atoms with Crippen molar-refractivity contribution in [3.8, 4) is 11.5 Å². The molecule has 3 nitrogen and oxygen atoms in total. The molecule has 0 spiro atoms. The van der Waals surface area contributed by atoms with E-state index in [1.54, 1.807) is 18.2 Å². The van der Waals surface area contributed by atoms with Crippen molar-refractivity contribution in [1.29, 1.82) is 0 Å². The zero-order valence-corrected chi connectivity index (χ0v) is 16.7. The lowest BCUT2D eigenvalue weighted by molar-refractivity contribution is 0.265. The predicted octanol–water partition coefficient (Wildman–Crippen LogP) is 6.38. The monoisotopic (exact) mass is 399 g/mol. The van der Waals surface area contributed by atoms with E-state index in [1.807, 2.05) is 50.2 Å². The predicted molar refractivity (Wildman–Crippen MR) is 112 cm³/mol. The summed E-state index contributed by atoms with van der Waals surface area (Å²) in [4.78, 5) is 0. The molecule has 0 aliphatic rings. The van der Waals surface area contributed by atoms with Crippen molar-refractivity contribution in [2.75, 3.05) is 11.9 Å². The van der Waals surface area contributed by atoms with Crippen LogP contribution >= 0.6 is 11.6 Å². The van der Waals surface area contributed by atoms with Crippen LogP contribution in [0.3, 0.4) is 0 Å². The largest absolute Gasteiger partial charge is 0.490 e. The summed E-state index contributed by atoms with van der Waals surface area (Å²) < 4.78 is 25.3. The van der Waals surface area contributed by atoms with Gasteiger partial charge in [-0.2, -0.15) is 0 Å². The number of halogens is 2. The van der Waals surface area contributed by atoms with Gasteiger partial charge in [0.1, 0.15) is 12.4 Å².